The number of rotatable bonds is 8. The monoisotopic (exact) mass is 637 g/mol. The zero-order chi connectivity index (χ0) is 31.6. The Hall–Kier alpha value is -3.35. The van der Waals surface area contributed by atoms with Crippen molar-refractivity contribution in [3.63, 3.8) is 0 Å². The van der Waals surface area contributed by atoms with E-state index in [1.54, 1.807) is 16.7 Å². The lowest BCUT2D eigenvalue weighted by atomic mass is 9.66. The number of alkyl halides is 2. The minimum absolute atomic E-state index is 0.0411. The van der Waals surface area contributed by atoms with Gasteiger partial charge in [-0.1, -0.05) is 29.7 Å². The van der Waals surface area contributed by atoms with Crippen LogP contribution in [0.1, 0.15) is 86.9 Å². The zero-order valence-electron chi connectivity index (χ0n) is 24.6. The molecule has 2 aliphatic heterocycles. The van der Waals surface area contributed by atoms with E-state index in [4.69, 9.17) is 16.3 Å². The van der Waals surface area contributed by atoms with E-state index >= 15 is 4.39 Å². The van der Waals surface area contributed by atoms with Crippen LogP contribution in [0, 0.1) is 22.6 Å². The van der Waals surface area contributed by atoms with Gasteiger partial charge in [0, 0.05) is 43.7 Å². The number of nitrogens with zero attached hydrogens (tertiary/aromatic N) is 5. The average Bonchev–Trinajstić information content (AvgIpc) is 3.50. The number of benzene rings is 1. The lowest BCUT2D eigenvalue weighted by Gasteiger charge is -2.45. The second kappa shape index (κ2) is 11.2. The van der Waals surface area contributed by atoms with Crippen molar-refractivity contribution in [2.45, 2.75) is 77.4 Å². The smallest absolute Gasteiger partial charge is 0.310 e. The number of fused-ring (bicyclic) bond motifs is 1. The molecule has 1 N–H and O–H groups in total. The molecule has 0 bridgehead atoms. The Balaban J connectivity index is 1.41. The van der Waals surface area contributed by atoms with Gasteiger partial charge < -0.3 is 19.6 Å². The number of aliphatic carboxylic acids is 1. The van der Waals surface area contributed by atoms with Crippen LogP contribution in [0.25, 0.3) is 0 Å². The van der Waals surface area contributed by atoms with E-state index in [0.717, 1.165) is 23.6 Å². The molecule has 2 amide bonds. The molecule has 1 spiro atoms. The topological polar surface area (TPSA) is 118 Å². The van der Waals surface area contributed by atoms with Gasteiger partial charge in [-0.25, -0.2) is 17.9 Å². The molecule has 1 unspecified atom stereocenters. The summed E-state index contributed by atoms with van der Waals surface area (Å²) in [6.07, 6.45) is 1.71. The van der Waals surface area contributed by atoms with Crippen molar-refractivity contribution in [1.29, 1.82) is 0 Å². The molecule has 1 aromatic heterocycles. The number of aromatic nitrogens is 3. The van der Waals surface area contributed by atoms with Gasteiger partial charge in [-0.2, -0.15) is 0 Å². The lowest BCUT2D eigenvalue weighted by molar-refractivity contribution is -0.162. The number of ether oxygens (including phenoxy) is 1. The number of carbonyl (C=O) groups excluding carboxylic acids is 2. The molecule has 3 fully saturated rings. The van der Waals surface area contributed by atoms with E-state index in [0.29, 0.717) is 44.2 Å². The zero-order valence-corrected chi connectivity index (χ0v) is 25.4. The van der Waals surface area contributed by atoms with Crippen LogP contribution in [0.15, 0.2) is 6.07 Å². The number of hydrogen-bond donors (Lipinski definition) is 1. The number of carboxylic acids is 1. The molecule has 238 valence electrons. The molecule has 2 aromatic rings. The highest BCUT2D eigenvalue weighted by atomic mass is 35.5. The van der Waals surface area contributed by atoms with Crippen LogP contribution < -0.4 is 4.74 Å². The van der Waals surface area contributed by atoms with Crippen molar-refractivity contribution in [1.82, 2.24) is 24.8 Å². The SMILES string of the molecule is Cn1nnc(COc2c(F)cc(Cl)c3c2C(CN2CC4(CC4)CC2=O)N(C(=O)[C@@H]2CCCC[C@]2(C)C(=O)O)CC3)c1C(F)F. The molecule has 2 saturated carbocycles. The third kappa shape index (κ3) is 5.20. The molecule has 3 heterocycles. The number of aryl methyl sites for hydroxylation is 1. The maximum Gasteiger partial charge on any atom is 0.310 e. The number of likely N-dealkylation sites (tertiary alicyclic amines) is 1. The van der Waals surface area contributed by atoms with E-state index < -0.39 is 47.9 Å². The van der Waals surface area contributed by atoms with Gasteiger partial charge >= 0.3 is 5.97 Å². The van der Waals surface area contributed by atoms with Crippen LogP contribution in [0.3, 0.4) is 0 Å². The molecule has 14 heteroatoms. The first-order valence-electron chi connectivity index (χ1n) is 15.0. The molecule has 10 nitrogen and oxygen atoms in total. The number of halogens is 4. The van der Waals surface area contributed by atoms with Crippen LogP contribution in [-0.2, 0) is 34.5 Å². The van der Waals surface area contributed by atoms with Gasteiger partial charge in [0.15, 0.2) is 11.6 Å². The van der Waals surface area contributed by atoms with Gasteiger partial charge in [0.05, 0.1) is 17.4 Å². The van der Waals surface area contributed by atoms with Crippen LogP contribution in [0.5, 0.6) is 5.75 Å². The maximum absolute atomic E-state index is 15.8. The second-order valence-electron chi connectivity index (χ2n) is 13.0. The third-order valence-electron chi connectivity index (χ3n) is 10.2. The van der Waals surface area contributed by atoms with Gasteiger partial charge in [-0.3, -0.25) is 14.4 Å². The highest BCUT2D eigenvalue weighted by molar-refractivity contribution is 6.31. The predicted octanol–water partition coefficient (Wildman–Crippen LogP) is 4.84. The average molecular weight is 638 g/mol. The minimum atomic E-state index is -2.89. The molecule has 3 atom stereocenters. The number of carboxylic acid groups (broad SMARTS) is 1. The summed E-state index contributed by atoms with van der Waals surface area (Å²) in [6, 6.07) is 0.196. The van der Waals surface area contributed by atoms with Crippen molar-refractivity contribution in [2.75, 3.05) is 19.6 Å². The van der Waals surface area contributed by atoms with E-state index in [1.165, 1.54) is 7.05 Å². The summed E-state index contributed by atoms with van der Waals surface area (Å²) in [5.41, 5.74) is -1.21. The summed E-state index contributed by atoms with van der Waals surface area (Å²) in [6.45, 7) is 1.80. The first-order valence-corrected chi connectivity index (χ1v) is 15.3. The van der Waals surface area contributed by atoms with Crippen LogP contribution >= 0.6 is 11.6 Å². The molecule has 6 rings (SSSR count). The number of carbonyl (C=O) groups is 3. The second-order valence-corrected chi connectivity index (χ2v) is 13.4. The quantitative estimate of drug-likeness (QED) is 0.440. The lowest BCUT2D eigenvalue weighted by Crippen LogP contribution is -2.52. The highest BCUT2D eigenvalue weighted by Gasteiger charge is 2.54. The molecule has 2 aliphatic carbocycles. The van der Waals surface area contributed by atoms with Crippen LogP contribution in [0.4, 0.5) is 13.2 Å². The molecule has 1 aromatic carbocycles. The van der Waals surface area contributed by atoms with Crippen LogP contribution in [-0.4, -0.2) is 67.3 Å². The predicted molar refractivity (Wildman–Crippen MR) is 150 cm³/mol. The highest BCUT2D eigenvalue weighted by Crippen LogP contribution is 2.54. The van der Waals surface area contributed by atoms with Crippen molar-refractivity contribution >= 4 is 29.4 Å². The van der Waals surface area contributed by atoms with Gasteiger partial charge in [0.25, 0.3) is 6.43 Å². The molecular formula is C30H35ClF3N5O5. The summed E-state index contributed by atoms with van der Waals surface area (Å²) in [7, 11) is 1.32. The Morgan fingerprint density at radius 2 is 2.00 bits per heavy atom. The van der Waals surface area contributed by atoms with Crippen LogP contribution in [0.2, 0.25) is 5.02 Å². The van der Waals surface area contributed by atoms with Gasteiger partial charge in [-0.05, 0) is 56.1 Å². The fraction of sp³-hybridized carbons (Fsp3) is 0.633. The van der Waals surface area contributed by atoms with Gasteiger partial charge in [0.2, 0.25) is 11.8 Å². The fourth-order valence-corrected chi connectivity index (χ4v) is 7.67. The Labute approximate surface area is 257 Å². The molecule has 44 heavy (non-hydrogen) atoms. The Kier molecular flexibility index (Phi) is 7.82. The molecule has 0 radical (unpaired) electrons. The molecule has 4 aliphatic rings. The summed E-state index contributed by atoms with van der Waals surface area (Å²) in [4.78, 5) is 43.2. The largest absolute Gasteiger partial charge is 0.484 e. The summed E-state index contributed by atoms with van der Waals surface area (Å²) in [5, 5.41) is 17.7. The van der Waals surface area contributed by atoms with Crippen molar-refractivity contribution in [2.24, 2.45) is 23.8 Å². The van der Waals surface area contributed by atoms with Gasteiger partial charge in [0.1, 0.15) is 18.0 Å². The van der Waals surface area contributed by atoms with Crippen molar-refractivity contribution in [3.05, 3.63) is 39.4 Å². The molecule has 1 saturated heterocycles. The van der Waals surface area contributed by atoms with Crippen molar-refractivity contribution in [3.8, 4) is 5.75 Å². The minimum Gasteiger partial charge on any atom is -0.484 e. The normalized spacial score (nSPS) is 25.9. The van der Waals surface area contributed by atoms with E-state index in [9.17, 15) is 28.3 Å². The van der Waals surface area contributed by atoms with Crippen molar-refractivity contribution < 1.29 is 37.4 Å². The summed E-state index contributed by atoms with van der Waals surface area (Å²) in [5.74, 6) is -3.43. The van der Waals surface area contributed by atoms with Gasteiger partial charge in [-0.15, -0.1) is 5.10 Å². The Bertz CT molecular complexity index is 1510. The van der Waals surface area contributed by atoms with E-state index in [1.807, 2.05) is 0 Å². The van der Waals surface area contributed by atoms with E-state index in [2.05, 4.69) is 10.3 Å². The maximum atomic E-state index is 15.8. The standard InChI is InChI=1S/C30H35ClF3N5O5/c1-29(28(42)43)7-4-3-5-17(29)27(41)39-10-6-16-18(31)11-19(32)25(44-14-20-24(26(33)34)37(2)36-35-20)23(16)21(39)13-38-15-30(8-9-30)12-22(38)40/h11,17,21,26H,3-10,12-15H2,1-2H3,(H,42,43)/t17-,21?,29-/m0/s1. The Morgan fingerprint density at radius 1 is 1.25 bits per heavy atom. The Morgan fingerprint density at radius 3 is 2.66 bits per heavy atom. The fourth-order valence-electron chi connectivity index (χ4n) is 7.38. The summed E-state index contributed by atoms with van der Waals surface area (Å²) < 4.78 is 50.0. The summed E-state index contributed by atoms with van der Waals surface area (Å²) >= 11 is 6.55. The first kappa shape index (κ1) is 30.7. The third-order valence-corrected chi connectivity index (χ3v) is 10.5. The molecular weight excluding hydrogens is 603 g/mol. The first-order chi connectivity index (χ1) is 20.8. The number of amides is 2. The number of hydrogen-bond acceptors (Lipinski definition) is 6. The van der Waals surface area contributed by atoms with E-state index in [-0.39, 0.29) is 58.8 Å².